The first kappa shape index (κ1) is 15.0. The predicted octanol–water partition coefficient (Wildman–Crippen LogP) is 2.01. The van der Waals surface area contributed by atoms with Crippen LogP contribution in [0.3, 0.4) is 0 Å². The highest BCUT2D eigenvalue weighted by atomic mass is 32.2. The monoisotopic (exact) mass is 292 g/mol. The number of nitrogens with zero attached hydrogens (tertiary/aromatic N) is 3. The molecule has 0 saturated carbocycles. The van der Waals surface area contributed by atoms with Crippen LogP contribution in [0.25, 0.3) is 0 Å². The summed E-state index contributed by atoms with van der Waals surface area (Å²) in [5.74, 6) is 0. The Kier molecular flexibility index (Phi) is 5.58. The van der Waals surface area contributed by atoms with Crippen molar-refractivity contribution in [3.63, 3.8) is 0 Å². The molecule has 1 aromatic heterocycles. The van der Waals surface area contributed by atoms with Crippen molar-refractivity contribution < 1.29 is 4.74 Å². The molecule has 1 heterocycles. The first-order chi connectivity index (χ1) is 9.70. The lowest BCUT2D eigenvalue weighted by Crippen LogP contribution is -2.18. The number of hydrogen-bond acceptors (Lipinski definition) is 5. The Morgan fingerprint density at radius 1 is 1.40 bits per heavy atom. The van der Waals surface area contributed by atoms with E-state index in [9.17, 15) is 0 Å². The van der Waals surface area contributed by atoms with E-state index >= 15 is 0 Å². The van der Waals surface area contributed by atoms with Gasteiger partial charge in [-0.3, -0.25) is 0 Å². The molecule has 0 spiro atoms. The maximum atomic E-state index is 5.01. The molecule has 0 radical (unpaired) electrons. The highest BCUT2D eigenvalue weighted by Crippen LogP contribution is 2.28. The van der Waals surface area contributed by atoms with E-state index in [0.29, 0.717) is 0 Å². The summed E-state index contributed by atoms with van der Waals surface area (Å²) in [4.78, 5) is 1.21. The van der Waals surface area contributed by atoms with Gasteiger partial charge >= 0.3 is 0 Å². The van der Waals surface area contributed by atoms with Crippen molar-refractivity contribution in [1.29, 1.82) is 0 Å². The fraction of sp³-hybridized carbons (Fsp3) is 0.429. The van der Waals surface area contributed by atoms with Gasteiger partial charge in [-0.15, -0.1) is 10.2 Å². The van der Waals surface area contributed by atoms with Crippen molar-refractivity contribution in [2.24, 2.45) is 7.05 Å². The summed E-state index contributed by atoms with van der Waals surface area (Å²) in [7, 11) is 3.66. The Bertz CT molecular complexity index is 556. The van der Waals surface area contributed by atoms with Crippen molar-refractivity contribution in [2.45, 2.75) is 23.5 Å². The molecule has 0 aliphatic heterocycles. The van der Waals surface area contributed by atoms with Crippen LogP contribution in [0.5, 0.6) is 0 Å². The predicted molar refractivity (Wildman–Crippen MR) is 79.9 cm³/mol. The van der Waals surface area contributed by atoms with Crippen LogP contribution in [-0.4, -0.2) is 35.0 Å². The summed E-state index contributed by atoms with van der Waals surface area (Å²) < 4.78 is 6.93. The second kappa shape index (κ2) is 7.42. The van der Waals surface area contributed by atoms with E-state index in [1.54, 1.807) is 25.2 Å². The van der Waals surface area contributed by atoms with E-state index in [-0.39, 0.29) is 0 Å². The summed E-state index contributed by atoms with van der Waals surface area (Å²) in [6.07, 6.45) is 1.71. The van der Waals surface area contributed by atoms with Gasteiger partial charge in [0.25, 0.3) is 0 Å². The molecular formula is C14H20N4OS. The number of nitrogens with one attached hydrogen (secondary N) is 1. The van der Waals surface area contributed by atoms with E-state index < -0.39 is 0 Å². The van der Waals surface area contributed by atoms with Crippen LogP contribution in [0.1, 0.15) is 11.1 Å². The minimum atomic E-state index is 0.735. The lowest BCUT2D eigenvalue weighted by molar-refractivity contribution is 0.199. The van der Waals surface area contributed by atoms with Gasteiger partial charge in [-0.1, -0.05) is 12.1 Å². The molecule has 0 aliphatic carbocycles. The Hall–Kier alpha value is -1.37. The normalized spacial score (nSPS) is 10.9. The minimum absolute atomic E-state index is 0.735. The van der Waals surface area contributed by atoms with Gasteiger partial charge in [0.1, 0.15) is 6.33 Å². The van der Waals surface area contributed by atoms with Crippen molar-refractivity contribution in [3.8, 4) is 0 Å². The average molecular weight is 292 g/mol. The highest BCUT2D eigenvalue weighted by Gasteiger charge is 2.06. The van der Waals surface area contributed by atoms with E-state index in [2.05, 4.69) is 40.6 Å². The van der Waals surface area contributed by atoms with Crippen LogP contribution in [0.4, 0.5) is 0 Å². The van der Waals surface area contributed by atoms with Crippen molar-refractivity contribution in [1.82, 2.24) is 20.1 Å². The molecule has 5 nitrogen and oxygen atoms in total. The second-order valence-electron chi connectivity index (χ2n) is 4.60. The topological polar surface area (TPSA) is 52.0 Å². The van der Waals surface area contributed by atoms with Crippen LogP contribution >= 0.6 is 11.8 Å². The van der Waals surface area contributed by atoms with Crippen LogP contribution in [0, 0.1) is 6.92 Å². The van der Waals surface area contributed by atoms with Crippen LogP contribution < -0.4 is 5.32 Å². The van der Waals surface area contributed by atoms with Gasteiger partial charge in [0, 0.05) is 32.1 Å². The van der Waals surface area contributed by atoms with Crippen molar-refractivity contribution in [3.05, 3.63) is 35.7 Å². The molecule has 1 N–H and O–H groups in total. The SMILES string of the molecule is COCCNCc1ccc(Sc2nncn2C)c(C)c1. The number of aryl methyl sites for hydroxylation is 2. The van der Waals surface area contributed by atoms with Crippen molar-refractivity contribution in [2.75, 3.05) is 20.3 Å². The first-order valence-electron chi connectivity index (χ1n) is 6.51. The molecule has 2 rings (SSSR count). The molecular weight excluding hydrogens is 272 g/mol. The Morgan fingerprint density at radius 3 is 2.90 bits per heavy atom. The molecule has 108 valence electrons. The van der Waals surface area contributed by atoms with Crippen molar-refractivity contribution >= 4 is 11.8 Å². The van der Waals surface area contributed by atoms with Crippen LogP contribution in [-0.2, 0) is 18.3 Å². The van der Waals surface area contributed by atoms with E-state index in [0.717, 1.165) is 24.9 Å². The Balaban J connectivity index is 1.97. The molecule has 0 bridgehead atoms. The molecule has 0 unspecified atom stereocenters. The third-order valence-electron chi connectivity index (χ3n) is 2.92. The molecule has 0 amide bonds. The molecule has 6 heteroatoms. The Morgan fingerprint density at radius 2 is 2.25 bits per heavy atom. The number of ether oxygens (including phenoxy) is 1. The fourth-order valence-electron chi connectivity index (χ4n) is 1.81. The van der Waals surface area contributed by atoms with Gasteiger partial charge in [-0.25, -0.2) is 0 Å². The number of methoxy groups -OCH3 is 1. The Labute approximate surface area is 123 Å². The zero-order chi connectivity index (χ0) is 14.4. The van der Waals surface area contributed by atoms with Gasteiger partial charge in [0.15, 0.2) is 5.16 Å². The standard InChI is InChI=1S/C14H20N4OS/c1-11-8-12(9-15-6-7-19-3)4-5-13(11)20-14-17-16-10-18(14)2/h4-5,8,10,15H,6-7,9H2,1-3H3. The number of hydrogen-bond donors (Lipinski definition) is 1. The average Bonchev–Trinajstić information content (AvgIpc) is 2.83. The summed E-state index contributed by atoms with van der Waals surface area (Å²) in [6.45, 7) is 4.58. The van der Waals surface area contributed by atoms with E-state index in [1.165, 1.54) is 16.0 Å². The molecule has 0 aliphatic rings. The highest BCUT2D eigenvalue weighted by molar-refractivity contribution is 7.99. The maximum Gasteiger partial charge on any atom is 0.195 e. The van der Waals surface area contributed by atoms with Gasteiger partial charge in [-0.05, 0) is 35.9 Å². The molecule has 1 aromatic carbocycles. The third-order valence-corrected chi connectivity index (χ3v) is 4.15. The number of aromatic nitrogens is 3. The largest absolute Gasteiger partial charge is 0.383 e. The quantitative estimate of drug-likeness (QED) is 0.791. The molecule has 0 saturated heterocycles. The third kappa shape index (κ3) is 4.06. The smallest absolute Gasteiger partial charge is 0.195 e. The number of benzene rings is 1. The second-order valence-corrected chi connectivity index (χ2v) is 5.61. The summed E-state index contributed by atoms with van der Waals surface area (Å²) >= 11 is 1.64. The van der Waals surface area contributed by atoms with Crippen LogP contribution in [0.15, 0.2) is 34.6 Å². The summed E-state index contributed by atoms with van der Waals surface area (Å²) in [5, 5.41) is 12.2. The first-order valence-corrected chi connectivity index (χ1v) is 7.33. The van der Waals surface area contributed by atoms with Gasteiger partial charge in [0.2, 0.25) is 0 Å². The maximum absolute atomic E-state index is 5.01. The van der Waals surface area contributed by atoms with Gasteiger partial charge in [-0.2, -0.15) is 0 Å². The van der Waals surface area contributed by atoms with Gasteiger partial charge in [0.05, 0.1) is 6.61 Å². The van der Waals surface area contributed by atoms with E-state index in [1.807, 2.05) is 11.6 Å². The fourth-order valence-corrected chi connectivity index (χ4v) is 2.64. The lowest BCUT2D eigenvalue weighted by atomic mass is 10.1. The summed E-state index contributed by atoms with van der Waals surface area (Å²) in [6, 6.07) is 6.49. The molecule has 20 heavy (non-hydrogen) atoms. The lowest BCUT2D eigenvalue weighted by Gasteiger charge is -2.09. The van der Waals surface area contributed by atoms with Crippen LogP contribution in [0.2, 0.25) is 0 Å². The minimum Gasteiger partial charge on any atom is -0.383 e. The molecule has 2 aromatic rings. The zero-order valence-electron chi connectivity index (χ0n) is 12.1. The van der Waals surface area contributed by atoms with Gasteiger partial charge < -0.3 is 14.6 Å². The molecule has 0 atom stereocenters. The van der Waals surface area contributed by atoms with E-state index in [4.69, 9.17) is 4.74 Å². The zero-order valence-corrected chi connectivity index (χ0v) is 12.9. The molecule has 0 fully saturated rings. The summed E-state index contributed by atoms with van der Waals surface area (Å²) in [5.41, 5.74) is 2.53. The number of rotatable bonds is 7.